The number of hydrogen-bond acceptors (Lipinski definition) is 3. The smallest absolute Gasteiger partial charge is 0.354 e. The number of carboxylic acids is 1. The van der Waals surface area contributed by atoms with Gasteiger partial charge >= 0.3 is 5.97 Å². The zero-order valence-corrected chi connectivity index (χ0v) is 9.55. The van der Waals surface area contributed by atoms with Crippen LogP contribution in [0, 0.1) is 0 Å². The third-order valence-corrected chi connectivity index (χ3v) is 3.08. The molecule has 1 N–H and O–H groups in total. The summed E-state index contributed by atoms with van der Waals surface area (Å²) in [5.41, 5.74) is 2.59. The Morgan fingerprint density at radius 1 is 1.53 bits per heavy atom. The molecule has 2 heterocycles. The van der Waals surface area contributed by atoms with Gasteiger partial charge in [-0.2, -0.15) is 5.10 Å². The number of aromatic carboxylic acids is 1. The Morgan fingerprint density at radius 3 is 2.88 bits per heavy atom. The van der Waals surface area contributed by atoms with Gasteiger partial charge in [-0.15, -0.1) is 0 Å². The fourth-order valence-corrected chi connectivity index (χ4v) is 1.96. The minimum absolute atomic E-state index is 0.193. The second kappa shape index (κ2) is 3.55. The third-order valence-electron chi connectivity index (χ3n) is 3.08. The summed E-state index contributed by atoms with van der Waals surface area (Å²) >= 11 is 0. The lowest BCUT2D eigenvalue weighted by Crippen LogP contribution is -2.09. The molecule has 1 aliphatic rings. The van der Waals surface area contributed by atoms with Crippen LogP contribution in [0.2, 0.25) is 0 Å². The van der Waals surface area contributed by atoms with Gasteiger partial charge in [-0.1, -0.05) is 6.92 Å². The summed E-state index contributed by atoms with van der Waals surface area (Å²) in [5, 5.41) is 13.5. The van der Waals surface area contributed by atoms with Crippen molar-refractivity contribution in [1.82, 2.24) is 14.6 Å². The molecule has 0 aliphatic heterocycles. The summed E-state index contributed by atoms with van der Waals surface area (Å²) in [6.45, 7) is 1.96. The molecular weight excluding hydrogens is 218 g/mol. The summed E-state index contributed by atoms with van der Waals surface area (Å²) in [7, 11) is 0. The number of carboxylic acid groups (broad SMARTS) is 1. The van der Waals surface area contributed by atoms with E-state index in [2.05, 4.69) is 10.1 Å². The average Bonchev–Trinajstić information content (AvgIpc) is 3.07. The zero-order valence-electron chi connectivity index (χ0n) is 9.55. The van der Waals surface area contributed by atoms with E-state index in [0.717, 1.165) is 30.7 Å². The highest BCUT2D eigenvalue weighted by Crippen LogP contribution is 2.39. The molecule has 0 bridgehead atoms. The minimum Gasteiger partial charge on any atom is -0.477 e. The second-order valence-corrected chi connectivity index (χ2v) is 4.40. The van der Waals surface area contributed by atoms with Gasteiger partial charge < -0.3 is 5.11 Å². The summed E-state index contributed by atoms with van der Waals surface area (Å²) in [6.07, 6.45) is 3.01. The lowest BCUT2D eigenvalue weighted by atomic mass is 10.2. The van der Waals surface area contributed by atoms with E-state index in [4.69, 9.17) is 0 Å². The average molecular weight is 231 g/mol. The van der Waals surface area contributed by atoms with Crippen LogP contribution in [-0.4, -0.2) is 25.7 Å². The van der Waals surface area contributed by atoms with Gasteiger partial charge in [0.2, 0.25) is 0 Å². The van der Waals surface area contributed by atoms with E-state index in [0.29, 0.717) is 11.6 Å². The van der Waals surface area contributed by atoms with E-state index in [1.807, 2.05) is 13.0 Å². The SMILES string of the molecule is CCc1cc(C(=O)O)n2nc(C3CC3)cc2n1. The fraction of sp³-hybridized carbons (Fsp3) is 0.417. The summed E-state index contributed by atoms with van der Waals surface area (Å²) in [5.74, 6) is -0.457. The first kappa shape index (κ1) is 10.3. The molecule has 5 heteroatoms. The Labute approximate surface area is 98.1 Å². The van der Waals surface area contributed by atoms with Crippen LogP contribution in [-0.2, 0) is 6.42 Å². The number of hydrogen-bond donors (Lipinski definition) is 1. The van der Waals surface area contributed by atoms with Gasteiger partial charge in [0.1, 0.15) is 0 Å². The molecule has 0 saturated heterocycles. The van der Waals surface area contributed by atoms with Crippen LogP contribution in [0.5, 0.6) is 0 Å². The zero-order chi connectivity index (χ0) is 12.0. The predicted octanol–water partition coefficient (Wildman–Crippen LogP) is 1.87. The van der Waals surface area contributed by atoms with E-state index in [1.165, 1.54) is 4.52 Å². The Kier molecular flexibility index (Phi) is 2.14. The van der Waals surface area contributed by atoms with Crippen molar-refractivity contribution in [3.63, 3.8) is 0 Å². The van der Waals surface area contributed by atoms with Gasteiger partial charge in [-0.05, 0) is 25.3 Å². The standard InChI is InChI=1S/C12H13N3O2/c1-2-8-5-10(12(16)17)15-11(13-8)6-9(14-15)7-3-4-7/h5-7H,2-4H2,1H3,(H,16,17). The van der Waals surface area contributed by atoms with Crippen molar-refractivity contribution < 1.29 is 9.90 Å². The van der Waals surface area contributed by atoms with E-state index in [1.54, 1.807) is 6.07 Å². The van der Waals surface area contributed by atoms with Gasteiger partial charge in [-0.25, -0.2) is 14.3 Å². The molecule has 88 valence electrons. The highest BCUT2D eigenvalue weighted by atomic mass is 16.4. The highest BCUT2D eigenvalue weighted by molar-refractivity contribution is 5.86. The Hall–Kier alpha value is -1.91. The maximum atomic E-state index is 11.2. The number of aromatic nitrogens is 3. The number of rotatable bonds is 3. The fourth-order valence-electron chi connectivity index (χ4n) is 1.96. The number of carbonyl (C=O) groups is 1. The lowest BCUT2D eigenvalue weighted by molar-refractivity contribution is 0.0687. The lowest BCUT2D eigenvalue weighted by Gasteiger charge is -2.02. The Morgan fingerprint density at radius 2 is 2.29 bits per heavy atom. The molecule has 1 aliphatic carbocycles. The first-order valence-corrected chi connectivity index (χ1v) is 5.82. The monoisotopic (exact) mass is 231 g/mol. The highest BCUT2D eigenvalue weighted by Gasteiger charge is 2.27. The molecule has 0 aromatic carbocycles. The maximum Gasteiger partial charge on any atom is 0.354 e. The normalized spacial score (nSPS) is 15.4. The Bertz CT molecular complexity index is 599. The van der Waals surface area contributed by atoms with Gasteiger partial charge in [0.15, 0.2) is 11.3 Å². The summed E-state index contributed by atoms with van der Waals surface area (Å²) in [6, 6.07) is 3.50. The molecule has 5 nitrogen and oxygen atoms in total. The minimum atomic E-state index is -0.961. The van der Waals surface area contributed by atoms with Crippen LogP contribution in [0.4, 0.5) is 0 Å². The van der Waals surface area contributed by atoms with Crippen molar-refractivity contribution in [3.8, 4) is 0 Å². The van der Waals surface area contributed by atoms with E-state index in [9.17, 15) is 9.90 Å². The van der Waals surface area contributed by atoms with E-state index in [-0.39, 0.29) is 5.69 Å². The number of aryl methyl sites for hydroxylation is 1. The van der Waals surface area contributed by atoms with Crippen molar-refractivity contribution >= 4 is 11.6 Å². The first-order valence-electron chi connectivity index (χ1n) is 5.82. The van der Waals surface area contributed by atoms with Gasteiger partial charge in [0.05, 0.1) is 5.69 Å². The topological polar surface area (TPSA) is 67.5 Å². The first-order chi connectivity index (χ1) is 8.19. The van der Waals surface area contributed by atoms with E-state index < -0.39 is 5.97 Å². The molecule has 2 aromatic heterocycles. The molecule has 0 amide bonds. The Balaban J connectivity index is 2.23. The van der Waals surface area contributed by atoms with Crippen molar-refractivity contribution in [2.75, 3.05) is 0 Å². The number of nitrogens with zero attached hydrogens (tertiary/aromatic N) is 3. The van der Waals surface area contributed by atoms with Crippen molar-refractivity contribution in [2.24, 2.45) is 0 Å². The summed E-state index contributed by atoms with van der Waals surface area (Å²) < 4.78 is 1.44. The molecule has 0 spiro atoms. The molecule has 3 rings (SSSR count). The molecule has 0 radical (unpaired) electrons. The van der Waals surface area contributed by atoms with Gasteiger partial charge in [0.25, 0.3) is 0 Å². The van der Waals surface area contributed by atoms with Crippen LogP contribution >= 0.6 is 0 Å². The quantitative estimate of drug-likeness (QED) is 0.875. The van der Waals surface area contributed by atoms with E-state index >= 15 is 0 Å². The maximum absolute atomic E-state index is 11.2. The molecule has 0 unspecified atom stereocenters. The van der Waals surface area contributed by atoms with Crippen LogP contribution in [0.1, 0.15) is 47.6 Å². The molecule has 2 aromatic rings. The second-order valence-electron chi connectivity index (χ2n) is 4.40. The third kappa shape index (κ3) is 1.67. The van der Waals surface area contributed by atoms with Crippen molar-refractivity contribution in [3.05, 3.63) is 29.2 Å². The molecule has 0 atom stereocenters. The van der Waals surface area contributed by atoms with Crippen LogP contribution in [0.25, 0.3) is 5.65 Å². The molecule has 17 heavy (non-hydrogen) atoms. The summed E-state index contributed by atoms with van der Waals surface area (Å²) in [4.78, 5) is 15.6. The molecule has 1 fully saturated rings. The largest absolute Gasteiger partial charge is 0.477 e. The molecule has 1 saturated carbocycles. The number of fused-ring (bicyclic) bond motifs is 1. The van der Waals surface area contributed by atoms with Gasteiger partial charge in [-0.3, -0.25) is 0 Å². The van der Waals surface area contributed by atoms with Crippen molar-refractivity contribution in [2.45, 2.75) is 32.1 Å². The molecular formula is C12H13N3O2. The van der Waals surface area contributed by atoms with Crippen molar-refractivity contribution in [1.29, 1.82) is 0 Å². The van der Waals surface area contributed by atoms with Crippen LogP contribution in [0.15, 0.2) is 12.1 Å². The van der Waals surface area contributed by atoms with Crippen LogP contribution < -0.4 is 0 Å². The van der Waals surface area contributed by atoms with Gasteiger partial charge in [0, 0.05) is 17.7 Å². The van der Waals surface area contributed by atoms with Crippen LogP contribution in [0.3, 0.4) is 0 Å². The predicted molar refractivity (Wildman–Crippen MR) is 61.3 cm³/mol.